The van der Waals surface area contributed by atoms with Crippen molar-refractivity contribution in [1.82, 2.24) is 4.90 Å². The Balaban J connectivity index is 2.26. The fraction of sp³-hybridized carbons (Fsp3) is 0.444. The van der Waals surface area contributed by atoms with Gasteiger partial charge in [0.1, 0.15) is 11.4 Å². The van der Waals surface area contributed by atoms with E-state index in [1.54, 1.807) is 23.1 Å². The van der Waals surface area contributed by atoms with Crippen LogP contribution in [0.4, 0.5) is 4.79 Å². The molecule has 0 bridgehead atoms. The molecule has 1 aromatic rings. The molecule has 0 aromatic heterocycles. The van der Waals surface area contributed by atoms with Crippen molar-refractivity contribution < 1.29 is 19.1 Å². The van der Waals surface area contributed by atoms with E-state index in [9.17, 15) is 9.59 Å². The van der Waals surface area contributed by atoms with Gasteiger partial charge in [0.2, 0.25) is 0 Å². The Hall–Kier alpha value is -2.30. The van der Waals surface area contributed by atoms with Gasteiger partial charge in [-0.05, 0) is 45.7 Å². The average molecular weight is 317 g/mol. The minimum absolute atomic E-state index is 0.360. The number of hydrogen-bond acceptors (Lipinski definition) is 4. The molecule has 1 aromatic carbocycles. The Morgan fingerprint density at radius 2 is 1.96 bits per heavy atom. The summed E-state index contributed by atoms with van der Waals surface area (Å²) in [5.41, 5.74) is 1.08. The van der Waals surface area contributed by atoms with Gasteiger partial charge in [-0.3, -0.25) is 9.69 Å². The molecular weight excluding hydrogens is 294 g/mol. The molecule has 1 heterocycles. The first-order valence-electron chi connectivity index (χ1n) is 7.76. The summed E-state index contributed by atoms with van der Waals surface area (Å²) in [4.78, 5) is 25.2. The van der Waals surface area contributed by atoms with Crippen molar-refractivity contribution in [1.29, 1.82) is 0 Å². The maximum atomic E-state index is 12.4. The van der Waals surface area contributed by atoms with Crippen LogP contribution in [-0.2, 0) is 9.53 Å². The van der Waals surface area contributed by atoms with Crippen LogP contribution in [-0.4, -0.2) is 29.1 Å². The zero-order valence-corrected chi connectivity index (χ0v) is 14.1. The number of nitrogens with zero attached hydrogens (tertiary/aromatic N) is 1. The Bertz CT molecular complexity index is 628. The predicted molar refractivity (Wildman–Crippen MR) is 87.9 cm³/mol. The first kappa shape index (κ1) is 17.1. The maximum absolute atomic E-state index is 12.4. The normalized spacial score (nSPS) is 15.0. The van der Waals surface area contributed by atoms with Gasteiger partial charge < -0.3 is 9.47 Å². The number of esters is 1. The molecule has 0 unspecified atom stereocenters. The van der Waals surface area contributed by atoms with Crippen LogP contribution in [0.3, 0.4) is 0 Å². The van der Waals surface area contributed by atoms with E-state index in [2.05, 4.69) is 0 Å². The number of carbonyl (C=O) groups excluding carboxylic acids is 2. The molecule has 0 spiro atoms. The lowest BCUT2D eigenvalue weighted by Gasteiger charge is -2.31. The molecule has 1 aliphatic rings. The highest BCUT2D eigenvalue weighted by Crippen LogP contribution is 2.29. The molecule has 0 radical (unpaired) electrons. The first-order valence-corrected chi connectivity index (χ1v) is 7.76. The van der Waals surface area contributed by atoms with E-state index in [4.69, 9.17) is 9.47 Å². The Morgan fingerprint density at radius 1 is 1.22 bits per heavy atom. The lowest BCUT2D eigenvalue weighted by molar-refractivity contribution is -0.131. The molecule has 2 rings (SSSR count). The lowest BCUT2D eigenvalue weighted by Crippen LogP contribution is -2.37. The zero-order valence-electron chi connectivity index (χ0n) is 14.1. The third-order valence-electron chi connectivity index (χ3n) is 3.22. The Morgan fingerprint density at radius 3 is 2.61 bits per heavy atom. The van der Waals surface area contributed by atoms with Gasteiger partial charge in [-0.1, -0.05) is 18.2 Å². The second-order valence-corrected chi connectivity index (χ2v) is 6.49. The third-order valence-corrected chi connectivity index (χ3v) is 3.22. The lowest BCUT2D eigenvalue weighted by atomic mass is 10.0. The smallest absolute Gasteiger partial charge is 0.414 e. The standard InChI is InChI=1S/C18H23NO4/c1-13(20)22-15-9-7-8-14(12-15)16-10-5-6-11-19(16)17(21)23-18(2,3)4/h7-10,12H,5-6,11H2,1-4H3. The van der Waals surface area contributed by atoms with E-state index >= 15 is 0 Å². The summed E-state index contributed by atoms with van der Waals surface area (Å²) in [6.45, 7) is 7.51. The summed E-state index contributed by atoms with van der Waals surface area (Å²) in [6, 6.07) is 7.17. The van der Waals surface area contributed by atoms with Gasteiger partial charge in [0, 0.05) is 19.0 Å². The number of amides is 1. The summed E-state index contributed by atoms with van der Waals surface area (Å²) in [5.74, 6) is 0.0920. The average Bonchev–Trinajstić information content (AvgIpc) is 2.45. The van der Waals surface area contributed by atoms with Crippen molar-refractivity contribution in [2.75, 3.05) is 6.54 Å². The fourth-order valence-electron chi connectivity index (χ4n) is 2.38. The van der Waals surface area contributed by atoms with E-state index in [1.807, 2.05) is 32.9 Å². The van der Waals surface area contributed by atoms with Crippen molar-refractivity contribution >= 4 is 17.8 Å². The van der Waals surface area contributed by atoms with Gasteiger partial charge in [0.05, 0.1) is 5.70 Å². The van der Waals surface area contributed by atoms with Crippen LogP contribution < -0.4 is 4.74 Å². The summed E-state index contributed by atoms with van der Waals surface area (Å²) in [7, 11) is 0. The molecule has 23 heavy (non-hydrogen) atoms. The van der Waals surface area contributed by atoms with Crippen LogP contribution in [0, 0.1) is 0 Å². The Labute approximate surface area is 136 Å². The molecular formula is C18H23NO4. The molecule has 0 fully saturated rings. The quantitative estimate of drug-likeness (QED) is 0.611. The monoisotopic (exact) mass is 317 g/mol. The second-order valence-electron chi connectivity index (χ2n) is 6.49. The van der Waals surface area contributed by atoms with Crippen LogP contribution in [0.25, 0.3) is 5.70 Å². The maximum Gasteiger partial charge on any atom is 0.414 e. The molecule has 0 aliphatic carbocycles. The van der Waals surface area contributed by atoms with Gasteiger partial charge in [0.25, 0.3) is 0 Å². The number of hydrogen-bond donors (Lipinski definition) is 0. The molecule has 5 heteroatoms. The second kappa shape index (κ2) is 6.86. The highest BCUT2D eigenvalue weighted by molar-refractivity contribution is 5.83. The van der Waals surface area contributed by atoms with Crippen molar-refractivity contribution in [3.8, 4) is 5.75 Å². The minimum Gasteiger partial charge on any atom is -0.443 e. The van der Waals surface area contributed by atoms with Crippen molar-refractivity contribution in [3.63, 3.8) is 0 Å². The Kier molecular flexibility index (Phi) is 5.08. The van der Waals surface area contributed by atoms with E-state index < -0.39 is 5.60 Å². The van der Waals surface area contributed by atoms with Crippen LogP contribution in [0.1, 0.15) is 46.1 Å². The summed E-state index contributed by atoms with van der Waals surface area (Å²) < 4.78 is 10.6. The molecule has 0 saturated carbocycles. The van der Waals surface area contributed by atoms with Gasteiger partial charge in [0.15, 0.2) is 0 Å². The van der Waals surface area contributed by atoms with Gasteiger partial charge in [-0.25, -0.2) is 4.79 Å². The van der Waals surface area contributed by atoms with Crippen LogP contribution in [0.15, 0.2) is 30.3 Å². The summed E-state index contributed by atoms with van der Waals surface area (Å²) >= 11 is 0. The van der Waals surface area contributed by atoms with Crippen molar-refractivity contribution in [2.45, 2.75) is 46.1 Å². The van der Waals surface area contributed by atoms with Crippen LogP contribution in [0.2, 0.25) is 0 Å². The first-order chi connectivity index (χ1) is 10.8. The number of rotatable bonds is 2. The highest BCUT2D eigenvalue weighted by Gasteiger charge is 2.27. The van der Waals surface area contributed by atoms with E-state index in [0.29, 0.717) is 12.3 Å². The molecule has 124 valence electrons. The van der Waals surface area contributed by atoms with Gasteiger partial charge in [-0.2, -0.15) is 0 Å². The van der Waals surface area contributed by atoms with E-state index in [0.717, 1.165) is 24.1 Å². The SMILES string of the molecule is CC(=O)Oc1cccc(C2=CCCCN2C(=O)OC(C)(C)C)c1. The fourth-order valence-corrected chi connectivity index (χ4v) is 2.38. The van der Waals surface area contributed by atoms with E-state index in [1.165, 1.54) is 6.92 Å². The number of allylic oxidation sites excluding steroid dienone is 1. The number of ether oxygens (including phenoxy) is 2. The third kappa shape index (κ3) is 4.84. The van der Waals surface area contributed by atoms with E-state index in [-0.39, 0.29) is 12.1 Å². The molecule has 0 atom stereocenters. The van der Waals surface area contributed by atoms with Crippen molar-refractivity contribution in [3.05, 3.63) is 35.9 Å². The molecule has 0 N–H and O–H groups in total. The topological polar surface area (TPSA) is 55.8 Å². The van der Waals surface area contributed by atoms with Crippen LogP contribution in [0.5, 0.6) is 5.75 Å². The van der Waals surface area contributed by atoms with Crippen LogP contribution >= 0.6 is 0 Å². The number of carbonyl (C=O) groups is 2. The predicted octanol–water partition coefficient (Wildman–Crippen LogP) is 3.98. The zero-order chi connectivity index (χ0) is 17.0. The molecule has 0 saturated heterocycles. The van der Waals surface area contributed by atoms with Gasteiger partial charge in [-0.15, -0.1) is 0 Å². The van der Waals surface area contributed by atoms with Crippen molar-refractivity contribution in [2.24, 2.45) is 0 Å². The highest BCUT2D eigenvalue weighted by atomic mass is 16.6. The molecule has 1 aliphatic heterocycles. The molecule has 5 nitrogen and oxygen atoms in total. The number of benzene rings is 1. The minimum atomic E-state index is -0.542. The van der Waals surface area contributed by atoms with Gasteiger partial charge >= 0.3 is 12.1 Å². The largest absolute Gasteiger partial charge is 0.443 e. The molecule has 1 amide bonds. The summed E-state index contributed by atoms with van der Waals surface area (Å²) in [5, 5.41) is 0. The summed E-state index contributed by atoms with van der Waals surface area (Å²) in [6.07, 6.45) is 3.44.